The van der Waals surface area contributed by atoms with E-state index in [1.165, 1.54) is 0 Å². The highest BCUT2D eigenvalue weighted by Gasteiger charge is 2.20. The molecular weight excluding hydrogens is 372 g/mol. The van der Waals surface area contributed by atoms with E-state index in [1.54, 1.807) is 62.0 Å². The van der Waals surface area contributed by atoms with E-state index in [-0.39, 0.29) is 11.1 Å². The molecule has 0 atom stereocenters. The Morgan fingerprint density at radius 1 is 0.929 bits per heavy atom. The molecule has 0 aliphatic heterocycles. The molecular formula is C21H14N4O2S. The van der Waals surface area contributed by atoms with Crippen LogP contribution in [0.15, 0.2) is 53.4 Å². The monoisotopic (exact) mass is 386 g/mol. The molecule has 1 aromatic carbocycles. The van der Waals surface area contributed by atoms with Gasteiger partial charge in [-0.25, -0.2) is 0 Å². The summed E-state index contributed by atoms with van der Waals surface area (Å²) in [6.45, 7) is 0. The number of allylic oxidation sites excluding steroid dienone is 2. The second-order valence-electron chi connectivity index (χ2n) is 5.57. The van der Waals surface area contributed by atoms with Gasteiger partial charge in [0, 0.05) is 18.2 Å². The van der Waals surface area contributed by atoms with Gasteiger partial charge in [-0.05, 0) is 23.6 Å². The number of hydrogen-bond donors (Lipinski definition) is 0. The smallest absolute Gasteiger partial charge is 0.149 e. The normalized spacial score (nSPS) is 9.68. The number of hydrogen-bond acceptors (Lipinski definition) is 6. The Hall–Kier alpha value is -3.99. The molecule has 0 aliphatic rings. The van der Waals surface area contributed by atoms with Crippen molar-refractivity contribution in [1.29, 1.82) is 15.8 Å². The van der Waals surface area contributed by atoms with Gasteiger partial charge in [0.15, 0.2) is 0 Å². The van der Waals surface area contributed by atoms with Crippen LogP contribution in [0.2, 0.25) is 0 Å². The Morgan fingerprint density at radius 3 is 2.11 bits per heavy atom. The van der Waals surface area contributed by atoms with Crippen LogP contribution >= 0.6 is 11.3 Å². The summed E-state index contributed by atoms with van der Waals surface area (Å²) < 4.78 is 12.6. The van der Waals surface area contributed by atoms with Crippen LogP contribution in [0.4, 0.5) is 0 Å². The van der Waals surface area contributed by atoms with Gasteiger partial charge in [-0.3, -0.25) is 0 Å². The van der Waals surface area contributed by atoms with Gasteiger partial charge < -0.3 is 14.0 Å². The predicted molar refractivity (Wildman–Crippen MR) is 106 cm³/mol. The molecule has 0 fully saturated rings. The number of rotatable bonds is 5. The lowest BCUT2D eigenvalue weighted by molar-refractivity contribution is 0.394. The molecule has 3 aromatic rings. The molecule has 0 radical (unpaired) electrons. The van der Waals surface area contributed by atoms with Gasteiger partial charge in [0.25, 0.3) is 0 Å². The van der Waals surface area contributed by atoms with Crippen LogP contribution in [0, 0.1) is 34.0 Å². The van der Waals surface area contributed by atoms with Gasteiger partial charge >= 0.3 is 0 Å². The number of ether oxygens (including phenoxy) is 2. The van der Waals surface area contributed by atoms with E-state index in [9.17, 15) is 15.8 Å². The van der Waals surface area contributed by atoms with Gasteiger partial charge in [0.05, 0.1) is 36.2 Å². The second-order valence-corrected chi connectivity index (χ2v) is 6.52. The Morgan fingerprint density at radius 2 is 1.61 bits per heavy atom. The quantitative estimate of drug-likeness (QED) is 0.600. The summed E-state index contributed by atoms with van der Waals surface area (Å²) in [5.74, 6) is 1.16. The molecule has 3 rings (SSSR count). The van der Waals surface area contributed by atoms with Gasteiger partial charge in [-0.2, -0.15) is 15.8 Å². The molecule has 136 valence electrons. The number of nitrogens with zero attached hydrogens (tertiary/aromatic N) is 4. The highest BCUT2D eigenvalue weighted by Crippen LogP contribution is 2.35. The Labute approximate surface area is 166 Å². The minimum Gasteiger partial charge on any atom is -0.497 e. The van der Waals surface area contributed by atoms with Gasteiger partial charge in [-0.1, -0.05) is 6.07 Å². The molecule has 0 saturated carbocycles. The summed E-state index contributed by atoms with van der Waals surface area (Å²) in [5, 5.41) is 30.2. The molecule has 0 bridgehead atoms. The summed E-state index contributed by atoms with van der Waals surface area (Å²) in [6, 6.07) is 18.4. The maximum atomic E-state index is 9.65. The number of aromatic nitrogens is 1. The van der Waals surface area contributed by atoms with E-state index in [0.717, 1.165) is 10.6 Å². The van der Waals surface area contributed by atoms with E-state index >= 15 is 0 Å². The molecule has 0 spiro atoms. The third kappa shape index (κ3) is 3.33. The first-order valence-corrected chi connectivity index (χ1v) is 8.98. The van der Waals surface area contributed by atoms with Gasteiger partial charge in [-0.15, -0.1) is 11.3 Å². The molecule has 2 aromatic heterocycles. The summed E-state index contributed by atoms with van der Waals surface area (Å²) in [6.07, 6.45) is 0. The SMILES string of the molecule is COc1cc(OC)cc(-n2c(C(C#N)=C(C#N)C#N)ccc2-c2cccs2)c1. The fraction of sp³-hybridized carbons (Fsp3) is 0.0952. The molecule has 0 saturated heterocycles. The molecule has 0 unspecified atom stereocenters. The first-order valence-electron chi connectivity index (χ1n) is 8.10. The lowest BCUT2D eigenvalue weighted by Gasteiger charge is -2.15. The van der Waals surface area contributed by atoms with Crippen LogP contribution in [0.1, 0.15) is 5.69 Å². The summed E-state index contributed by atoms with van der Waals surface area (Å²) in [7, 11) is 3.11. The number of nitriles is 3. The number of benzene rings is 1. The van der Waals surface area contributed by atoms with Crippen LogP contribution in [0.5, 0.6) is 11.5 Å². The second kappa shape index (κ2) is 8.14. The van der Waals surface area contributed by atoms with Crippen molar-refractivity contribution in [2.24, 2.45) is 0 Å². The molecule has 7 heteroatoms. The Balaban J connectivity index is 2.38. The van der Waals surface area contributed by atoms with Crippen molar-refractivity contribution < 1.29 is 9.47 Å². The Kier molecular flexibility index (Phi) is 5.46. The summed E-state index contributed by atoms with van der Waals surface area (Å²) in [4.78, 5) is 0.973. The van der Waals surface area contributed by atoms with Crippen LogP contribution in [0.25, 0.3) is 21.8 Å². The molecule has 2 heterocycles. The van der Waals surface area contributed by atoms with Crippen LogP contribution < -0.4 is 9.47 Å². The predicted octanol–water partition coefficient (Wildman–Crippen LogP) is 4.55. The summed E-state index contributed by atoms with van der Waals surface area (Å²) in [5.41, 5.74) is 1.72. The highest BCUT2D eigenvalue weighted by atomic mass is 32.1. The third-order valence-electron chi connectivity index (χ3n) is 4.09. The first-order chi connectivity index (χ1) is 13.7. The van der Waals surface area contributed by atoms with E-state index in [1.807, 2.05) is 34.2 Å². The number of methoxy groups -OCH3 is 2. The fourth-order valence-corrected chi connectivity index (χ4v) is 3.57. The van der Waals surface area contributed by atoms with Crippen molar-refractivity contribution in [2.45, 2.75) is 0 Å². The van der Waals surface area contributed by atoms with E-state index in [2.05, 4.69) is 0 Å². The van der Waals surface area contributed by atoms with E-state index < -0.39 is 0 Å². The maximum Gasteiger partial charge on any atom is 0.149 e. The maximum absolute atomic E-state index is 9.65. The van der Waals surface area contributed by atoms with Crippen molar-refractivity contribution in [3.8, 4) is 46.0 Å². The van der Waals surface area contributed by atoms with E-state index in [4.69, 9.17) is 9.47 Å². The topological polar surface area (TPSA) is 94.8 Å². The first kappa shape index (κ1) is 18.8. The molecule has 0 aliphatic carbocycles. The lowest BCUT2D eigenvalue weighted by atomic mass is 10.1. The number of thiophene rings is 1. The standard InChI is InChI=1S/C21H14N4O2S/c1-26-16-8-15(9-17(10-16)27-2)25-19(18(13-24)14(11-22)12-23)5-6-20(25)21-4-3-7-28-21/h3-10H,1-2H3. The zero-order chi connectivity index (χ0) is 20.1. The molecule has 0 amide bonds. The minimum atomic E-state index is -0.241. The summed E-state index contributed by atoms with van der Waals surface area (Å²) >= 11 is 1.54. The molecule has 0 N–H and O–H groups in total. The van der Waals surface area contributed by atoms with Crippen LogP contribution in [-0.2, 0) is 0 Å². The van der Waals surface area contributed by atoms with Crippen molar-refractivity contribution in [3.05, 3.63) is 59.1 Å². The zero-order valence-electron chi connectivity index (χ0n) is 15.1. The van der Waals surface area contributed by atoms with Gasteiger partial charge in [0.1, 0.15) is 40.9 Å². The fourth-order valence-electron chi connectivity index (χ4n) is 2.83. The van der Waals surface area contributed by atoms with Gasteiger partial charge in [0.2, 0.25) is 0 Å². The van der Waals surface area contributed by atoms with Crippen LogP contribution in [0.3, 0.4) is 0 Å². The van der Waals surface area contributed by atoms with E-state index in [0.29, 0.717) is 22.9 Å². The van der Waals surface area contributed by atoms with Crippen molar-refractivity contribution in [3.63, 3.8) is 0 Å². The highest BCUT2D eigenvalue weighted by molar-refractivity contribution is 7.13. The Bertz CT molecular complexity index is 1130. The van der Waals surface area contributed by atoms with Crippen molar-refractivity contribution in [1.82, 2.24) is 4.57 Å². The van der Waals surface area contributed by atoms with Crippen molar-refractivity contribution in [2.75, 3.05) is 14.2 Å². The van der Waals surface area contributed by atoms with Crippen molar-refractivity contribution >= 4 is 16.9 Å². The lowest BCUT2D eigenvalue weighted by Crippen LogP contribution is -2.03. The average Bonchev–Trinajstić information content (AvgIpc) is 3.41. The van der Waals surface area contributed by atoms with Crippen LogP contribution in [-0.4, -0.2) is 18.8 Å². The third-order valence-corrected chi connectivity index (χ3v) is 4.98. The molecule has 6 nitrogen and oxygen atoms in total. The largest absolute Gasteiger partial charge is 0.497 e. The average molecular weight is 386 g/mol. The zero-order valence-corrected chi connectivity index (χ0v) is 15.9. The minimum absolute atomic E-state index is 0.00888. The molecule has 28 heavy (non-hydrogen) atoms.